The molecule has 0 N–H and O–H groups in total. The van der Waals surface area contributed by atoms with Crippen molar-refractivity contribution in [1.82, 2.24) is 9.55 Å². The molecule has 1 rings (SSSR count). The lowest BCUT2D eigenvalue weighted by atomic mass is 9.98. The average Bonchev–Trinajstić information content (AvgIpc) is 2.50. The molecule has 0 aliphatic carbocycles. The van der Waals surface area contributed by atoms with Gasteiger partial charge in [0.15, 0.2) is 13.1 Å². The molecule has 0 amide bonds. The van der Waals surface area contributed by atoms with Crippen LogP contribution in [0.25, 0.3) is 0 Å². The van der Waals surface area contributed by atoms with E-state index in [2.05, 4.69) is 11.3 Å². The molecule has 1 aromatic rings. The lowest BCUT2D eigenvalue weighted by Gasteiger charge is -2.16. The van der Waals surface area contributed by atoms with Crippen LogP contribution in [0, 0.1) is 11.7 Å². The van der Waals surface area contributed by atoms with Crippen LogP contribution in [0.1, 0.15) is 20.8 Å². The van der Waals surface area contributed by atoms with E-state index in [9.17, 15) is 4.79 Å². The fourth-order valence-electron chi connectivity index (χ4n) is 0.671. The first-order valence-electron chi connectivity index (χ1n) is 4.06. The van der Waals surface area contributed by atoms with Gasteiger partial charge in [-0.25, -0.2) is 4.98 Å². The van der Waals surface area contributed by atoms with Crippen molar-refractivity contribution < 1.29 is 9.53 Å². The highest BCUT2D eigenvalue weighted by Crippen LogP contribution is 2.15. The summed E-state index contributed by atoms with van der Waals surface area (Å²) in [5, 5.41) is 0. The summed E-state index contributed by atoms with van der Waals surface area (Å²) in [7, 11) is 0. The summed E-state index contributed by atoms with van der Waals surface area (Å²) in [6, 6.07) is 0. The molecule has 0 spiro atoms. The van der Waals surface area contributed by atoms with E-state index in [4.69, 9.17) is 4.74 Å². The van der Waals surface area contributed by atoms with Crippen LogP contribution in [0.4, 0.5) is 0 Å². The van der Waals surface area contributed by atoms with Gasteiger partial charge in [0.05, 0.1) is 5.41 Å². The molecule has 0 aliphatic rings. The van der Waals surface area contributed by atoms with Crippen molar-refractivity contribution in [2.45, 2.75) is 27.5 Å². The average molecular weight is 181 g/mol. The fraction of sp³-hybridized carbons (Fsp3) is 0.556. The molecule has 1 heterocycles. The quantitative estimate of drug-likeness (QED) is 0.644. The van der Waals surface area contributed by atoms with E-state index >= 15 is 0 Å². The van der Waals surface area contributed by atoms with Crippen molar-refractivity contribution >= 4 is 5.97 Å². The maximum atomic E-state index is 11.3. The van der Waals surface area contributed by atoms with Crippen LogP contribution in [0.3, 0.4) is 0 Å². The summed E-state index contributed by atoms with van der Waals surface area (Å²) < 4.78 is 6.58. The van der Waals surface area contributed by atoms with Crippen LogP contribution in [-0.2, 0) is 16.3 Å². The van der Waals surface area contributed by atoms with E-state index in [0.29, 0.717) is 0 Å². The van der Waals surface area contributed by atoms with Crippen LogP contribution in [0.5, 0.6) is 0 Å². The highest BCUT2D eigenvalue weighted by Gasteiger charge is 2.22. The predicted octanol–water partition coefficient (Wildman–Crippen LogP) is 1.23. The molecule has 4 nitrogen and oxygen atoms in total. The van der Waals surface area contributed by atoms with Gasteiger partial charge in [-0.15, -0.1) is 0 Å². The van der Waals surface area contributed by atoms with E-state index in [1.807, 2.05) is 20.8 Å². The summed E-state index contributed by atoms with van der Waals surface area (Å²) in [6.45, 7) is 5.61. The van der Waals surface area contributed by atoms with Crippen molar-refractivity contribution in [3.8, 4) is 0 Å². The first kappa shape index (κ1) is 9.77. The number of imidazole rings is 1. The van der Waals surface area contributed by atoms with Gasteiger partial charge in [-0.1, -0.05) is 0 Å². The summed E-state index contributed by atoms with van der Waals surface area (Å²) >= 11 is 0. The molecule has 0 fully saturated rings. The molecule has 0 atom stereocenters. The number of ether oxygens (including phenoxy) is 1. The minimum Gasteiger partial charge on any atom is -0.443 e. The Balaban J connectivity index is 2.40. The summed E-state index contributed by atoms with van der Waals surface area (Å²) in [5.41, 5.74) is -0.458. The third-order valence-corrected chi connectivity index (χ3v) is 1.45. The topological polar surface area (TPSA) is 44.1 Å². The smallest absolute Gasteiger partial charge is 0.312 e. The van der Waals surface area contributed by atoms with Crippen molar-refractivity contribution in [3.05, 3.63) is 18.7 Å². The van der Waals surface area contributed by atoms with Crippen molar-refractivity contribution in [2.24, 2.45) is 5.41 Å². The SMILES string of the molecule is CC(C)(C)C(=O)OCn1[c]ncc1. The molecule has 4 heteroatoms. The lowest BCUT2D eigenvalue weighted by Crippen LogP contribution is -2.23. The van der Waals surface area contributed by atoms with Gasteiger partial charge in [0.2, 0.25) is 0 Å². The highest BCUT2D eigenvalue weighted by molar-refractivity contribution is 5.75. The maximum Gasteiger partial charge on any atom is 0.312 e. The third-order valence-electron chi connectivity index (χ3n) is 1.45. The third kappa shape index (κ3) is 2.89. The first-order valence-corrected chi connectivity index (χ1v) is 4.06. The summed E-state index contributed by atoms with van der Waals surface area (Å²) in [5.74, 6) is -0.227. The number of nitrogens with zero attached hydrogens (tertiary/aromatic N) is 2. The highest BCUT2D eigenvalue weighted by atomic mass is 16.5. The molecule has 0 bridgehead atoms. The minimum atomic E-state index is -0.458. The molecule has 1 aromatic heterocycles. The van der Waals surface area contributed by atoms with Crippen molar-refractivity contribution in [1.29, 1.82) is 0 Å². The molecule has 71 valence electrons. The van der Waals surface area contributed by atoms with E-state index in [1.54, 1.807) is 17.0 Å². The van der Waals surface area contributed by atoms with Gasteiger partial charge in [-0.2, -0.15) is 0 Å². The van der Waals surface area contributed by atoms with Crippen LogP contribution >= 0.6 is 0 Å². The van der Waals surface area contributed by atoms with E-state index < -0.39 is 5.41 Å². The molecular formula is C9H13N2O2. The van der Waals surface area contributed by atoms with Crippen LogP contribution in [0.15, 0.2) is 12.4 Å². The van der Waals surface area contributed by atoms with Crippen molar-refractivity contribution in [3.63, 3.8) is 0 Å². The number of aromatic nitrogens is 2. The molecule has 0 aromatic carbocycles. The number of rotatable bonds is 2. The Morgan fingerprint density at radius 1 is 1.62 bits per heavy atom. The van der Waals surface area contributed by atoms with Crippen LogP contribution in [0.2, 0.25) is 0 Å². The fourth-order valence-corrected chi connectivity index (χ4v) is 0.671. The Morgan fingerprint density at radius 3 is 2.77 bits per heavy atom. The molecule has 0 saturated carbocycles. The molecule has 0 unspecified atom stereocenters. The summed E-state index contributed by atoms with van der Waals surface area (Å²) in [4.78, 5) is 15.0. The maximum absolute atomic E-state index is 11.3. The van der Waals surface area contributed by atoms with Gasteiger partial charge in [-0.05, 0) is 20.8 Å². The Morgan fingerprint density at radius 2 is 2.31 bits per heavy atom. The van der Waals surface area contributed by atoms with Gasteiger partial charge in [0.25, 0.3) is 0 Å². The van der Waals surface area contributed by atoms with E-state index in [0.717, 1.165) is 0 Å². The predicted molar refractivity (Wildman–Crippen MR) is 46.6 cm³/mol. The van der Waals surface area contributed by atoms with Crippen LogP contribution < -0.4 is 0 Å². The van der Waals surface area contributed by atoms with Gasteiger partial charge < -0.3 is 4.74 Å². The number of carbonyl (C=O) groups excluding carboxylic acids is 1. The number of hydrogen-bond acceptors (Lipinski definition) is 3. The number of hydrogen-bond donors (Lipinski definition) is 0. The Kier molecular flexibility index (Phi) is 2.70. The Bertz CT molecular complexity index is 272. The normalized spacial score (nSPS) is 11.3. The van der Waals surface area contributed by atoms with Crippen molar-refractivity contribution in [2.75, 3.05) is 0 Å². The second-order valence-corrected chi connectivity index (χ2v) is 3.81. The standard InChI is InChI=1S/C9H13N2O2/c1-9(2,3)8(12)13-7-11-5-4-10-6-11/h4-5H,7H2,1-3H3. The van der Waals surface area contributed by atoms with Gasteiger partial charge >= 0.3 is 5.97 Å². The zero-order chi connectivity index (χ0) is 9.90. The molecular weight excluding hydrogens is 168 g/mol. The van der Waals surface area contributed by atoms with Gasteiger partial charge in [0.1, 0.15) is 0 Å². The second kappa shape index (κ2) is 3.60. The zero-order valence-corrected chi connectivity index (χ0v) is 8.07. The number of esters is 1. The molecule has 0 saturated heterocycles. The largest absolute Gasteiger partial charge is 0.443 e. The van der Waals surface area contributed by atoms with Gasteiger partial charge in [-0.3, -0.25) is 9.36 Å². The second-order valence-electron chi connectivity index (χ2n) is 3.81. The molecule has 1 radical (unpaired) electrons. The monoisotopic (exact) mass is 181 g/mol. The van der Waals surface area contributed by atoms with Gasteiger partial charge in [0, 0.05) is 12.4 Å². The molecule has 0 aliphatic heterocycles. The Labute approximate surface area is 77.5 Å². The zero-order valence-electron chi connectivity index (χ0n) is 8.07. The van der Waals surface area contributed by atoms with E-state index in [-0.39, 0.29) is 12.7 Å². The minimum absolute atomic E-state index is 0.177. The van der Waals surface area contributed by atoms with Crippen LogP contribution in [-0.4, -0.2) is 15.5 Å². The van der Waals surface area contributed by atoms with E-state index in [1.165, 1.54) is 0 Å². The first-order chi connectivity index (χ1) is 6.00. The lowest BCUT2D eigenvalue weighted by molar-refractivity contribution is -0.156. The summed E-state index contributed by atoms with van der Waals surface area (Å²) in [6.07, 6.45) is 5.91. The number of carbonyl (C=O) groups is 1. The molecule has 13 heavy (non-hydrogen) atoms. The Hall–Kier alpha value is -1.32.